The van der Waals surface area contributed by atoms with Gasteiger partial charge in [0.25, 0.3) is 10.0 Å². The van der Waals surface area contributed by atoms with Crippen LogP contribution in [0.5, 0.6) is 0 Å². The molecule has 1 atom stereocenters. The van der Waals surface area contributed by atoms with Gasteiger partial charge in [0.15, 0.2) is 5.03 Å². The van der Waals surface area contributed by atoms with Crippen molar-refractivity contribution in [3.63, 3.8) is 0 Å². The molecule has 3 N–H and O–H groups in total. The van der Waals surface area contributed by atoms with Crippen LogP contribution in [0, 0.1) is 0 Å². The molecule has 1 unspecified atom stereocenters. The maximum Gasteiger partial charge on any atom is 0.304 e. The molecule has 0 spiro atoms. The fourth-order valence-electron chi connectivity index (χ4n) is 1.44. The second-order valence-corrected chi connectivity index (χ2v) is 5.31. The van der Waals surface area contributed by atoms with Crippen molar-refractivity contribution >= 4 is 16.0 Å². The second kappa shape index (κ2) is 5.78. The van der Waals surface area contributed by atoms with Gasteiger partial charge in [-0.2, -0.15) is 5.10 Å². The highest BCUT2D eigenvalue weighted by molar-refractivity contribution is 7.89. The standard InChI is InChI=1S/C9H15N3O4S/c1-2-3-7(6-9(13)14)12-17(15,16)8-4-5-10-11-8/h4-5,7,12H,2-3,6H2,1H3,(H,10,11)(H,13,14). The molecule has 96 valence electrons. The Hall–Kier alpha value is -1.41. The number of aliphatic carboxylic acids is 1. The molecular weight excluding hydrogens is 246 g/mol. The van der Waals surface area contributed by atoms with Crippen LogP contribution in [0.3, 0.4) is 0 Å². The van der Waals surface area contributed by atoms with Crippen LogP contribution >= 0.6 is 0 Å². The zero-order valence-corrected chi connectivity index (χ0v) is 10.2. The summed E-state index contributed by atoms with van der Waals surface area (Å²) in [6.07, 6.45) is 2.25. The number of carbonyl (C=O) groups is 1. The Balaban J connectivity index is 2.76. The predicted octanol–water partition coefficient (Wildman–Crippen LogP) is 0.331. The lowest BCUT2D eigenvalue weighted by Gasteiger charge is -2.15. The third-order valence-corrected chi connectivity index (χ3v) is 3.59. The molecule has 0 aliphatic rings. The first-order valence-electron chi connectivity index (χ1n) is 5.19. The molecule has 1 rings (SSSR count). The zero-order valence-electron chi connectivity index (χ0n) is 9.38. The lowest BCUT2D eigenvalue weighted by Crippen LogP contribution is -2.36. The van der Waals surface area contributed by atoms with E-state index in [1.165, 1.54) is 12.3 Å². The van der Waals surface area contributed by atoms with Crippen LogP contribution < -0.4 is 4.72 Å². The van der Waals surface area contributed by atoms with Gasteiger partial charge in [-0.25, -0.2) is 13.1 Å². The molecule has 0 fully saturated rings. The molecule has 0 saturated heterocycles. The maximum absolute atomic E-state index is 11.8. The van der Waals surface area contributed by atoms with Gasteiger partial charge in [-0.15, -0.1) is 0 Å². The van der Waals surface area contributed by atoms with Crippen molar-refractivity contribution < 1.29 is 18.3 Å². The molecule has 0 aliphatic carbocycles. The van der Waals surface area contributed by atoms with Gasteiger partial charge in [0.1, 0.15) is 0 Å². The molecule has 0 amide bonds. The Kier molecular flexibility index (Phi) is 4.64. The first-order chi connectivity index (χ1) is 7.95. The van der Waals surface area contributed by atoms with Gasteiger partial charge in [0, 0.05) is 6.04 Å². The van der Waals surface area contributed by atoms with Crippen LogP contribution in [-0.2, 0) is 14.8 Å². The Morgan fingerprint density at radius 1 is 1.65 bits per heavy atom. The second-order valence-electron chi connectivity index (χ2n) is 3.63. The molecule has 0 radical (unpaired) electrons. The van der Waals surface area contributed by atoms with E-state index in [-0.39, 0.29) is 11.4 Å². The third-order valence-electron chi connectivity index (χ3n) is 2.14. The summed E-state index contributed by atoms with van der Waals surface area (Å²) in [6, 6.07) is 0.706. The Morgan fingerprint density at radius 3 is 2.82 bits per heavy atom. The summed E-state index contributed by atoms with van der Waals surface area (Å²) in [5, 5.41) is 14.5. The van der Waals surface area contributed by atoms with E-state index in [1.807, 2.05) is 6.92 Å². The summed E-state index contributed by atoms with van der Waals surface area (Å²) >= 11 is 0. The lowest BCUT2D eigenvalue weighted by atomic mass is 10.1. The van der Waals surface area contributed by atoms with Gasteiger partial charge >= 0.3 is 5.97 Å². The quantitative estimate of drug-likeness (QED) is 0.654. The van der Waals surface area contributed by atoms with Crippen LogP contribution in [0.25, 0.3) is 0 Å². The Morgan fingerprint density at radius 2 is 2.35 bits per heavy atom. The normalized spacial score (nSPS) is 13.5. The Bertz CT molecular complexity index is 455. The fourth-order valence-corrected chi connectivity index (χ4v) is 2.62. The molecule has 0 bridgehead atoms. The monoisotopic (exact) mass is 261 g/mol. The van der Waals surface area contributed by atoms with E-state index in [4.69, 9.17) is 5.11 Å². The summed E-state index contributed by atoms with van der Waals surface area (Å²) < 4.78 is 25.9. The number of hydrogen-bond acceptors (Lipinski definition) is 4. The molecule has 1 aromatic rings. The first-order valence-corrected chi connectivity index (χ1v) is 6.67. The molecular formula is C9H15N3O4S. The van der Waals surface area contributed by atoms with Crippen molar-refractivity contribution in [1.29, 1.82) is 0 Å². The number of rotatable bonds is 7. The van der Waals surface area contributed by atoms with E-state index in [0.717, 1.165) is 0 Å². The van der Waals surface area contributed by atoms with E-state index in [9.17, 15) is 13.2 Å². The average Bonchev–Trinajstić information content (AvgIpc) is 2.69. The van der Waals surface area contributed by atoms with Crippen LogP contribution in [0.1, 0.15) is 26.2 Å². The minimum absolute atomic E-state index is 0.0657. The molecule has 8 heteroatoms. The van der Waals surface area contributed by atoms with Gasteiger partial charge < -0.3 is 5.11 Å². The molecule has 0 aliphatic heterocycles. The van der Waals surface area contributed by atoms with Crippen LogP contribution in [0.2, 0.25) is 0 Å². The number of carboxylic acid groups (broad SMARTS) is 1. The van der Waals surface area contributed by atoms with Crippen LogP contribution in [0.15, 0.2) is 17.3 Å². The minimum atomic E-state index is -3.72. The molecule has 1 aromatic heterocycles. The smallest absolute Gasteiger partial charge is 0.304 e. The van der Waals surface area contributed by atoms with Crippen molar-refractivity contribution in [2.24, 2.45) is 0 Å². The number of aromatic amines is 1. The maximum atomic E-state index is 11.8. The summed E-state index contributed by atoms with van der Waals surface area (Å²) in [6.45, 7) is 1.86. The number of carboxylic acids is 1. The number of nitrogens with zero attached hydrogens (tertiary/aromatic N) is 1. The summed E-state index contributed by atoms with van der Waals surface area (Å²) in [7, 11) is -3.72. The van der Waals surface area contributed by atoms with Crippen LogP contribution in [-0.4, -0.2) is 35.7 Å². The summed E-state index contributed by atoms with van der Waals surface area (Å²) in [5.41, 5.74) is 0. The number of hydrogen-bond donors (Lipinski definition) is 3. The average molecular weight is 261 g/mol. The van der Waals surface area contributed by atoms with E-state index < -0.39 is 22.0 Å². The number of sulfonamides is 1. The van der Waals surface area contributed by atoms with Gasteiger partial charge in [0.2, 0.25) is 0 Å². The first kappa shape index (κ1) is 13.7. The SMILES string of the molecule is CCCC(CC(=O)O)NS(=O)(=O)c1ccn[nH]1. The molecule has 1 heterocycles. The zero-order chi connectivity index (χ0) is 12.9. The third kappa shape index (κ3) is 4.16. The largest absolute Gasteiger partial charge is 0.481 e. The molecule has 0 aromatic carbocycles. The van der Waals surface area contributed by atoms with E-state index in [0.29, 0.717) is 12.8 Å². The van der Waals surface area contributed by atoms with Crippen LogP contribution in [0.4, 0.5) is 0 Å². The minimum Gasteiger partial charge on any atom is -0.481 e. The van der Waals surface area contributed by atoms with Crippen molar-refractivity contribution in [3.05, 3.63) is 12.3 Å². The molecule has 17 heavy (non-hydrogen) atoms. The fraction of sp³-hybridized carbons (Fsp3) is 0.556. The number of aromatic nitrogens is 2. The van der Waals surface area contributed by atoms with E-state index >= 15 is 0 Å². The van der Waals surface area contributed by atoms with Gasteiger partial charge in [-0.3, -0.25) is 9.89 Å². The molecule has 0 saturated carbocycles. The van der Waals surface area contributed by atoms with Gasteiger partial charge in [-0.1, -0.05) is 13.3 Å². The van der Waals surface area contributed by atoms with Gasteiger partial charge in [0.05, 0.1) is 12.6 Å². The molecule has 7 nitrogen and oxygen atoms in total. The predicted molar refractivity (Wildman–Crippen MR) is 59.9 cm³/mol. The van der Waals surface area contributed by atoms with Crippen molar-refractivity contribution in [2.75, 3.05) is 0 Å². The van der Waals surface area contributed by atoms with E-state index in [2.05, 4.69) is 14.9 Å². The summed E-state index contributed by atoms with van der Waals surface area (Å²) in [5.74, 6) is -1.03. The van der Waals surface area contributed by atoms with Crippen molar-refractivity contribution in [1.82, 2.24) is 14.9 Å². The van der Waals surface area contributed by atoms with Crippen molar-refractivity contribution in [2.45, 2.75) is 37.3 Å². The Labute approximate surface area is 99.3 Å². The van der Waals surface area contributed by atoms with Gasteiger partial charge in [-0.05, 0) is 12.5 Å². The number of nitrogens with one attached hydrogen (secondary N) is 2. The highest BCUT2D eigenvalue weighted by Crippen LogP contribution is 2.08. The highest BCUT2D eigenvalue weighted by Gasteiger charge is 2.22. The number of H-pyrrole nitrogens is 1. The van der Waals surface area contributed by atoms with Crippen molar-refractivity contribution in [3.8, 4) is 0 Å². The highest BCUT2D eigenvalue weighted by atomic mass is 32.2. The topological polar surface area (TPSA) is 112 Å². The van der Waals surface area contributed by atoms with E-state index in [1.54, 1.807) is 0 Å². The summed E-state index contributed by atoms with van der Waals surface area (Å²) in [4.78, 5) is 10.6. The lowest BCUT2D eigenvalue weighted by molar-refractivity contribution is -0.137.